The topological polar surface area (TPSA) is 37.3 Å². The molecule has 64 valence electrons. The van der Waals surface area contributed by atoms with Crippen LogP contribution in [0.1, 0.15) is 25.7 Å². The fraction of sp³-hybridized carbons (Fsp3) is 0.500. The minimum atomic E-state index is 0.0915. The third-order valence-corrected chi connectivity index (χ3v) is 1.69. The molecule has 0 radical (unpaired) electrons. The molecule has 2 heteroatoms. The lowest BCUT2D eigenvalue weighted by Crippen LogP contribution is -2.01. The number of aliphatic hydroxyl groups excluding tert-OH is 1. The summed E-state index contributed by atoms with van der Waals surface area (Å²) in [7, 11) is 0. The van der Waals surface area contributed by atoms with Gasteiger partial charge in [0.2, 0.25) is 0 Å². The SMILES string of the molecule is O=C1C=C(C#CCCO)CCC1. The highest BCUT2D eigenvalue weighted by molar-refractivity contribution is 5.91. The summed E-state index contributed by atoms with van der Waals surface area (Å²) in [5, 5.41) is 8.46. The van der Waals surface area contributed by atoms with E-state index in [1.54, 1.807) is 6.08 Å². The van der Waals surface area contributed by atoms with E-state index in [0.717, 1.165) is 18.4 Å². The number of rotatable bonds is 1. The van der Waals surface area contributed by atoms with E-state index in [-0.39, 0.29) is 12.4 Å². The molecule has 0 amide bonds. The summed E-state index contributed by atoms with van der Waals surface area (Å²) in [4.78, 5) is 10.9. The summed E-state index contributed by atoms with van der Waals surface area (Å²) >= 11 is 0. The van der Waals surface area contributed by atoms with Crippen molar-refractivity contribution in [3.05, 3.63) is 11.6 Å². The Morgan fingerprint density at radius 2 is 2.33 bits per heavy atom. The first-order valence-corrected chi connectivity index (χ1v) is 4.16. The van der Waals surface area contributed by atoms with Crippen molar-refractivity contribution < 1.29 is 9.90 Å². The highest BCUT2D eigenvalue weighted by atomic mass is 16.2. The van der Waals surface area contributed by atoms with Gasteiger partial charge in [0.1, 0.15) is 0 Å². The summed E-state index contributed by atoms with van der Waals surface area (Å²) in [6.07, 6.45) is 4.59. The minimum Gasteiger partial charge on any atom is -0.395 e. The Kier molecular flexibility index (Phi) is 3.56. The van der Waals surface area contributed by atoms with E-state index in [2.05, 4.69) is 11.8 Å². The molecular formula is C10H12O2. The normalized spacial score (nSPS) is 16.4. The monoisotopic (exact) mass is 164 g/mol. The molecule has 2 nitrogen and oxygen atoms in total. The van der Waals surface area contributed by atoms with Gasteiger partial charge in [0.15, 0.2) is 5.78 Å². The van der Waals surface area contributed by atoms with Crippen molar-refractivity contribution in [2.24, 2.45) is 0 Å². The number of ketones is 1. The van der Waals surface area contributed by atoms with Crippen LogP contribution in [0.5, 0.6) is 0 Å². The molecule has 0 bridgehead atoms. The predicted octanol–water partition coefficient (Wildman–Crippen LogP) is 1.05. The lowest BCUT2D eigenvalue weighted by Gasteiger charge is -2.04. The Labute approximate surface area is 72.3 Å². The third-order valence-electron chi connectivity index (χ3n) is 1.69. The maximum Gasteiger partial charge on any atom is 0.156 e. The smallest absolute Gasteiger partial charge is 0.156 e. The number of carbonyl (C=O) groups is 1. The molecule has 12 heavy (non-hydrogen) atoms. The molecule has 1 aliphatic rings. The van der Waals surface area contributed by atoms with Crippen molar-refractivity contribution >= 4 is 5.78 Å². The molecule has 0 saturated carbocycles. The van der Waals surface area contributed by atoms with Crippen LogP contribution in [0.15, 0.2) is 11.6 Å². The quantitative estimate of drug-likeness (QED) is 0.588. The average Bonchev–Trinajstić information content (AvgIpc) is 2.05. The first-order valence-electron chi connectivity index (χ1n) is 4.16. The summed E-state index contributed by atoms with van der Waals surface area (Å²) in [6.45, 7) is 0.0915. The molecule has 0 atom stereocenters. The summed E-state index contributed by atoms with van der Waals surface area (Å²) in [6, 6.07) is 0. The molecule has 0 aliphatic heterocycles. The zero-order valence-corrected chi connectivity index (χ0v) is 6.97. The van der Waals surface area contributed by atoms with Gasteiger partial charge in [-0.2, -0.15) is 0 Å². The van der Waals surface area contributed by atoms with Crippen LogP contribution in [-0.2, 0) is 4.79 Å². The van der Waals surface area contributed by atoms with Gasteiger partial charge < -0.3 is 5.11 Å². The van der Waals surface area contributed by atoms with Crippen LogP contribution < -0.4 is 0 Å². The molecule has 1 aliphatic carbocycles. The Hall–Kier alpha value is -1.07. The van der Waals surface area contributed by atoms with Crippen molar-refractivity contribution in [1.29, 1.82) is 0 Å². The molecule has 0 aromatic rings. The first-order chi connectivity index (χ1) is 5.83. The first kappa shape index (κ1) is 9.02. The van der Waals surface area contributed by atoms with Gasteiger partial charge in [-0.25, -0.2) is 0 Å². The van der Waals surface area contributed by atoms with E-state index in [4.69, 9.17) is 5.11 Å². The van der Waals surface area contributed by atoms with E-state index >= 15 is 0 Å². The number of hydrogen-bond acceptors (Lipinski definition) is 2. The van der Waals surface area contributed by atoms with Crippen LogP contribution in [0, 0.1) is 11.8 Å². The van der Waals surface area contributed by atoms with Crippen LogP contribution in [0.25, 0.3) is 0 Å². The molecule has 1 rings (SSSR count). The fourth-order valence-corrected chi connectivity index (χ4v) is 1.12. The Morgan fingerprint density at radius 1 is 1.50 bits per heavy atom. The largest absolute Gasteiger partial charge is 0.395 e. The van der Waals surface area contributed by atoms with Crippen LogP contribution in [0.3, 0.4) is 0 Å². The number of aliphatic hydroxyl groups is 1. The Morgan fingerprint density at radius 3 is 3.00 bits per heavy atom. The van der Waals surface area contributed by atoms with Gasteiger partial charge in [-0.05, 0) is 18.9 Å². The van der Waals surface area contributed by atoms with Gasteiger partial charge in [0.05, 0.1) is 6.61 Å². The standard InChI is InChI=1S/C10H12O2/c11-7-2-1-4-9-5-3-6-10(12)8-9/h8,11H,2-3,5-7H2. The van der Waals surface area contributed by atoms with E-state index in [1.807, 2.05) is 0 Å². The number of hydrogen-bond donors (Lipinski definition) is 1. The highest BCUT2D eigenvalue weighted by Crippen LogP contribution is 2.13. The van der Waals surface area contributed by atoms with Crippen molar-refractivity contribution in [3.63, 3.8) is 0 Å². The number of carbonyl (C=O) groups excluding carboxylic acids is 1. The fourth-order valence-electron chi connectivity index (χ4n) is 1.12. The van der Waals surface area contributed by atoms with Crippen molar-refractivity contribution in [1.82, 2.24) is 0 Å². The van der Waals surface area contributed by atoms with E-state index in [0.29, 0.717) is 12.8 Å². The highest BCUT2D eigenvalue weighted by Gasteiger charge is 2.06. The molecule has 0 unspecified atom stereocenters. The molecule has 0 aromatic carbocycles. The van der Waals surface area contributed by atoms with Crippen molar-refractivity contribution in [2.75, 3.05) is 6.61 Å². The van der Waals surface area contributed by atoms with Crippen LogP contribution >= 0.6 is 0 Å². The Balaban J connectivity index is 2.52. The summed E-state index contributed by atoms with van der Waals surface area (Å²) < 4.78 is 0. The van der Waals surface area contributed by atoms with Gasteiger partial charge in [-0.3, -0.25) is 4.79 Å². The van der Waals surface area contributed by atoms with Gasteiger partial charge in [-0.1, -0.05) is 11.8 Å². The zero-order chi connectivity index (χ0) is 8.81. The minimum absolute atomic E-state index is 0.0915. The molecule has 1 N–H and O–H groups in total. The maximum atomic E-state index is 10.9. The third kappa shape index (κ3) is 2.89. The zero-order valence-electron chi connectivity index (χ0n) is 6.97. The lowest BCUT2D eigenvalue weighted by molar-refractivity contribution is -0.115. The van der Waals surface area contributed by atoms with E-state index in [9.17, 15) is 4.79 Å². The molecule has 0 fully saturated rings. The molecule has 0 heterocycles. The second-order valence-corrected chi connectivity index (χ2v) is 2.76. The van der Waals surface area contributed by atoms with Crippen molar-refractivity contribution in [2.45, 2.75) is 25.7 Å². The Bertz CT molecular complexity index is 253. The van der Waals surface area contributed by atoms with Crippen molar-refractivity contribution in [3.8, 4) is 11.8 Å². The van der Waals surface area contributed by atoms with E-state index < -0.39 is 0 Å². The van der Waals surface area contributed by atoms with Gasteiger partial charge >= 0.3 is 0 Å². The summed E-state index contributed by atoms with van der Waals surface area (Å²) in [5.74, 6) is 5.86. The second-order valence-electron chi connectivity index (χ2n) is 2.76. The molecule has 0 aromatic heterocycles. The van der Waals surface area contributed by atoms with Crippen LogP contribution in [0.4, 0.5) is 0 Å². The van der Waals surface area contributed by atoms with Crippen LogP contribution in [0.2, 0.25) is 0 Å². The lowest BCUT2D eigenvalue weighted by atomic mass is 9.99. The van der Waals surface area contributed by atoms with Gasteiger partial charge in [-0.15, -0.1) is 0 Å². The maximum absolute atomic E-state index is 10.9. The van der Waals surface area contributed by atoms with Crippen LogP contribution in [-0.4, -0.2) is 17.5 Å². The molecule has 0 spiro atoms. The van der Waals surface area contributed by atoms with Gasteiger partial charge in [0.25, 0.3) is 0 Å². The predicted molar refractivity (Wildman–Crippen MR) is 46.4 cm³/mol. The number of allylic oxidation sites excluding steroid dienone is 2. The summed E-state index contributed by atoms with van der Waals surface area (Å²) in [5.41, 5.74) is 0.916. The molecule has 0 saturated heterocycles. The van der Waals surface area contributed by atoms with E-state index in [1.165, 1.54) is 0 Å². The molecular weight excluding hydrogens is 152 g/mol. The van der Waals surface area contributed by atoms with Gasteiger partial charge in [0, 0.05) is 18.4 Å². The second kappa shape index (κ2) is 4.74. The average molecular weight is 164 g/mol.